The van der Waals surface area contributed by atoms with Crippen LogP contribution in [0.2, 0.25) is 0 Å². The van der Waals surface area contributed by atoms with Gasteiger partial charge >= 0.3 is 0 Å². The molecule has 0 aromatic heterocycles. The van der Waals surface area contributed by atoms with Crippen LogP contribution in [0.15, 0.2) is 0 Å². The van der Waals surface area contributed by atoms with Gasteiger partial charge in [0.25, 0.3) is 0 Å². The molecule has 3 nitrogen and oxygen atoms in total. The average Bonchev–Trinajstić information content (AvgIpc) is 2.03. The molecule has 0 spiro atoms. The van der Waals surface area contributed by atoms with Gasteiger partial charge in [-0.3, -0.25) is 0 Å². The van der Waals surface area contributed by atoms with E-state index in [1.165, 1.54) is 0 Å². The van der Waals surface area contributed by atoms with E-state index < -0.39 is 0 Å². The van der Waals surface area contributed by atoms with E-state index in [4.69, 9.17) is 9.47 Å². The van der Waals surface area contributed by atoms with E-state index >= 15 is 0 Å². The highest BCUT2D eigenvalue weighted by atomic mass is 16.5. The lowest BCUT2D eigenvalue weighted by molar-refractivity contribution is 0.00896. The van der Waals surface area contributed by atoms with Crippen molar-refractivity contribution in [1.82, 2.24) is 5.32 Å². The Bertz CT molecular complexity index is 81.7. The van der Waals surface area contributed by atoms with Crippen LogP contribution in [0.5, 0.6) is 0 Å². The van der Waals surface area contributed by atoms with Gasteiger partial charge in [0, 0.05) is 26.8 Å². The Labute approximate surface area is 61.7 Å². The summed E-state index contributed by atoms with van der Waals surface area (Å²) in [5.74, 6) is 0. The quantitative estimate of drug-likeness (QED) is 0.607. The summed E-state index contributed by atoms with van der Waals surface area (Å²) in [5, 5.41) is 3.26. The van der Waals surface area contributed by atoms with Gasteiger partial charge in [-0.15, -0.1) is 0 Å². The van der Waals surface area contributed by atoms with Crippen molar-refractivity contribution in [3.63, 3.8) is 0 Å². The zero-order valence-corrected chi connectivity index (χ0v) is 6.43. The van der Waals surface area contributed by atoms with Crippen LogP contribution >= 0.6 is 0 Å². The topological polar surface area (TPSA) is 30.5 Å². The summed E-state index contributed by atoms with van der Waals surface area (Å²) in [4.78, 5) is 0. The number of rotatable bonds is 3. The Morgan fingerprint density at radius 3 is 3.20 bits per heavy atom. The highest BCUT2D eigenvalue weighted by Crippen LogP contribution is 2.00. The SMILES string of the molecule is COCCC1CNCCO1. The summed E-state index contributed by atoms with van der Waals surface area (Å²) in [6.45, 7) is 3.60. The molecule has 0 aliphatic carbocycles. The lowest BCUT2D eigenvalue weighted by Gasteiger charge is -2.22. The molecule has 1 fully saturated rings. The molecule has 0 radical (unpaired) electrons. The summed E-state index contributed by atoms with van der Waals surface area (Å²) >= 11 is 0. The third-order valence-electron chi connectivity index (χ3n) is 1.65. The van der Waals surface area contributed by atoms with Crippen molar-refractivity contribution in [2.75, 3.05) is 33.4 Å². The van der Waals surface area contributed by atoms with Gasteiger partial charge in [0.2, 0.25) is 0 Å². The molecule has 0 aromatic rings. The zero-order chi connectivity index (χ0) is 7.23. The molecule has 1 aliphatic heterocycles. The summed E-state index contributed by atoms with van der Waals surface area (Å²) < 4.78 is 10.4. The van der Waals surface area contributed by atoms with Crippen LogP contribution in [0, 0.1) is 0 Å². The third-order valence-corrected chi connectivity index (χ3v) is 1.65. The zero-order valence-electron chi connectivity index (χ0n) is 6.43. The van der Waals surface area contributed by atoms with Crippen LogP contribution in [0.25, 0.3) is 0 Å². The van der Waals surface area contributed by atoms with Crippen LogP contribution in [0.4, 0.5) is 0 Å². The van der Waals surface area contributed by atoms with Crippen molar-refractivity contribution in [2.45, 2.75) is 12.5 Å². The molecule has 1 unspecified atom stereocenters. The van der Waals surface area contributed by atoms with Crippen LogP contribution in [0.3, 0.4) is 0 Å². The Balaban J connectivity index is 2.02. The maximum absolute atomic E-state index is 5.44. The van der Waals surface area contributed by atoms with E-state index in [-0.39, 0.29) is 0 Å². The highest BCUT2D eigenvalue weighted by Gasteiger charge is 2.11. The van der Waals surface area contributed by atoms with E-state index in [0.717, 1.165) is 32.7 Å². The molecule has 0 bridgehead atoms. The molecule has 1 atom stereocenters. The van der Waals surface area contributed by atoms with E-state index in [1.807, 2.05) is 0 Å². The van der Waals surface area contributed by atoms with Crippen LogP contribution in [-0.4, -0.2) is 39.5 Å². The molecule has 1 N–H and O–H groups in total. The number of hydrogen-bond acceptors (Lipinski definition) is 3. The predicted octanol–water partition coefficient (Wildman–Crippen LogP) is 0.0113. The van der Waals surface area contributed by atoms with E-state index in [9.17, 15) is 0 Å². The van der Waals surface area contributed by atoms with Gasteiger partial charge in [0.15, 0.2) is 0 Å². The normalized spacial score (nSPS) is 26.7. The minimum Gasteiger partial charge on any atom is -0.385 e. The fourth-order valence-electron chi connectivity index (χ4n) is 1.05. The first-order chi connectivity index (χ1) is 4.93. The number of hydrogen-bond donors (Lipinski definition) is 1. The molecular formula is C7H15NO2. The molecule has 1 heterocycles. The fourth-order valence-corrected chi connectivity index (χ4v) is 1.05. The molecule has 1 aliphatic rings. The molecule has 1 saturated heterocycles. The van der Waals surface area contributed by atoms with Gasteiger partial charge in [-0.05, 0) is 6.42 Å². The second-order valence-corrected chi connectivity index (χ2v) is 2.48. The van der Waals surface area contributed by atoms with Gasteiger partial charge in [-0.25, -0.2) is 0 Å². The lowest BCUT2D eigenvalue weighted by Crippen LogP contribution is -2.38. The number of nitrogens with one attached hydrogen (secondary N) is 1. The number of morpholine rings is 1. The van der Waals surface area contributed by atoms with Crippen molar-refractivity contribution in [3.8, 4) is 0 Å². The van der Waals surface area contributed by atoms with Gasteiger partial charge in [0.1, 0.15) is 0 Å². The molecule has 60 valence electrons. The largest absolute Gasteiger partial charge is 0.385 e. The van der Waals surface area contributed by atoms with Crippen molar-refractivity contribution >= 4 is 0 Å². The first-order valence-electron chi connectivity index (χ1n) is 3.74. The first kappa shape index (κ1) is 7.98. The van der Waals surface area contributed by atoms with E-state index in [2.05, 4.69) is 5.32 Å². The molecule has 0 saturated carbocycles. The number of ether oxygens (including phenoxy) is 2. The summed E-state index contributed by atoms with van der Waals surface area (Å²) in [6, 6.07) is 0. The van der Waals surface area contributed by atoms with Crippen molar-refractivity contribution < 1.29 is 9.47 Å². The Hall–Kier alpha value is -0.120. The second kappa shape index (κ2) is 4.66. The molecule has 0 aromatic carbocycles. The van der Waals surface area contributed by atoms with Gasteiger partial charge < -0.3 is 14.8 Å². The van der Waals surface area contributed by atoms with E-state index in [1.54, 1.807) is 7.11 Å². The molecule has 3 heteroatoms. The fraction of sp³-hybridized carbons (Fsp3) is 1.00. The molecule has 1 rings (SSSR count). The highest BCUT2D eigenvalue weighted by molar-refractivity contribution is 4.65. The van der Waals surface area contributed by atoms with E-state index in [0.29, 0.717) is 6.10 Å². The van der Waals surface area contributed by atoms with Gasteiger partial charge in [-0.2, -0.15) is 0 Å². The average molecular weight is 145 g/mol. The summed E-state index contributed by atoms with van der Waals surface area (Å²) in [6.07, 6.45) is 1.37. The van der Waals surface area contributed by atoms with Crippen LogP contribution in [0.1, 0.15) is 6.42 Å². The van der Waals surface area contributed by atoms with Gasteiger partial charge in [0.05, 0.1) is 12.7 Å². The predicted molar refractivity (Wildman–Crippen MR) is 39.1 cm³/mol. The second-order valence-electron chi connectivity index (χ2n) is 2.48. The van der Waals surface area contributed by atoms with Crippen molar-refractivity contribution in [2.24, 2.45) is 0 Å². The summed E-state index contributed by atoms with van der Waals surface area (Å²) in [7, 11) is 1.72. The Morgan fingerprint density at radius 1 is 1.70 bits per heavy atom. The van der Waals surface area contributed by atoms with Crippen molar-refractivity contribution in [1.29, 1.82) is 0 Å². The van der Waals surface area contributed by atoms with Crippen molar-refractivity contribution in [3.05, 3.63) is 0 Å². The molecule has 10 heavy (non-hydrogen) atoms. The third kappa shape index (κ3) is 2.64. The first-order valence-corrected chi connectivity index (χ1v) is 3.74. The van der Waals surface area contributed by atoms with Gasteiger partial charge in [-0.1, -0.05) is 0 Å². The molecule has 0 amide bonds. The monoisotopic (exact) mass is 145 g/mol. The van der Waals surface area contributed by atoms with Crippen LogP contribution in [-0.2, 0) is 9.47 Å². The standard InChI is InChI=1S/C7H15NO2/c1-9-4-2-7-6-8-3-5-10-7/h7-8H,2-6H2,1H3. The minimum atomic E-state index is 0.369. The lowest BCUT2D eigenvalue weighted by atomic mass is 10.2. The smallest absolute Gasteiger partial charge is 0.0722 e. The number of methoxy groups -OCH3 is 1. The minimum absolute atomic E-state index is 0.369. The summed E-state index contributed by atoms with van der Waals surface area (Å²) in [5.41, 5.74) is 0. The molecular weight excluding hydrogens is 130 g/mol. The Kier molecular flexibility index (Phi) is 3.72. The Morgan fingerprint density at radius 2 is 2.60 bits per heavy atom. The van der Waals surface area contributed by atoms with Crippen LogP contribution < -0.4 is 5.32 Å². The maximum Gasteiger partial charge on any atom is 0.0722 e. The maximum atomic E-state index is 5.44.